The van der Waals surface area contributed by atoms with Crippen molar-refractivity contribution in [1.29, 1.82) is 0 Å². The first-order valence-corrected chi connectivity index (χ1v) is 19.1. The van der Waals surface area contributed by atoms with E-state index in [1.54, 1.807) is 17.9 Å². The largest absolute Gasteiger partial charge is 0.445 e. The molecule has 0 bridgehead atoms. The Bertz CT molecular complexity index is 968. The van der Waals surface area contributed by atoms with Crippen LogP contribution in [0.15, 0.2) is 24.3 Å². The number of rotatable bonds is 12. The monoisotopic (exact) mass is 592 g/mol. The third kappa shape index (κ3) is 8.63. The Morgan fingerprint density at radius 3 is 2.25 bits per heavy atom. The topological polar surface area (TPSA) is 94.2 Å². The van der Waals surface area contributed by atoms with Crippen LogP contribution in [0, 0.1) is 28.6 Å². The van der Waals surface area contributed by atoms with Gasteiger partial charge in [-0.25, -0.2) is 4.79 Å². The molecular formula is C30H52N2O6Si2. The average molecular weight is 593 g/mol. The highest BCUT2D eigenvalue weighted by atomic mass is 28.3. The molecule has 2 aliphatic heterocycles. The summed E-state index contributed by atoms with van der Waals surface area (Å²) in [6, 6.07) is -0.256. The molecule has 10 heteroatoms. The summed E-state index contributed by atoms with van der Waals surface area (Å²) in [4.78, 5) is 41.3. The van der Waals surface area contributed by atoms with Gasteiger partial charge in [0.1, 0.15) is 6.61 Å². The molecule has 0 saturated carbocycles. The minimum atomic E-state index is -1.27. The molecular weight excluding hydrogens is 541 g/mol. The van der Waals surface area contributed by atoms with E-state index in [-0.39, 0.29) is 59.3 Å². The molecule has 1 N–H and O–H groups in total. The second-order valence-electron chi connectivity index (χ2n) is 13.9. The number of carbonyl (C=O) groups is 3. The number of hydrogen-bond donors (Lipinski definition) is 1. The van der Waals surface area contributed by atoms with Gasteiger partial charge in [-0.15, -0.1) is 0 Å². The van der Waals surface area contributed by atoms with Crippen LogP contribution in [0.4, 0.5) is 4.79 Å². The average Bonchev–Trinajstić information content (AvgIpc) is 3.17. The van der Waals surface area contributed by atoms with Crippen molar-refractivity contribution in [2.45, 2.75) is 99.3 Å². The van der Waals surface area contributed by atoms with E-state index in [2.05, 4.69) is 66.5 Å². The number of ether oxygens (including phenoxy) is 1. The highest BCUT2D eigenvalue weighted by Crippen LogP contribution is 2.45. The minimum absolute atomic E-state index is 0.000695. The maximum atomic E-state index is 13.6. The molecule has 2 rings (SSSR count). The van der Waals surface area contributed by atoms with Crippen molar-refractivity contribution in [1.82, 2.24) is 10.2 Å². The van der Waals surface area contributed by atoms with Gasteiger partial charge < -0.3 is 18.9 Å². The standard InChI is InChI=1S/C30H52N2O6Si2/c1-13-14-36-27(35)32-18-21(28(3,4)5)17-30(32,38-40(11)12)16-20(2)24(33)15-23-25(26(34)31-23)22(29(6,7)8)19-37-39(9)10/h13,16,21-23,25H,1,14-15,17-19H2,2-12H3,(H,31,34)/t21-,22+,23+,25-,30+/m0/s1. The van der Waals surface area contributed by atoms with Crippen molar-refractivity contribution in [3.8, 4) is 0 Å². The predicted octanol–water partition coefficient (Wildman–Crippen LogP) is 5.59. The van der Waals surface area contributed by atoms with Crippen molar-refractivity contribution >= 4 is 35.9 Å². The first-order chi connectivity index (χ1) is 18.3. The van der Waals surface area contributed by atoms with Crippen molar-refractivity contribution in [3.05, 3.63) is 24.3 Å². The van der Waals surface area contributed by atoms with Crippen molar-refractivity contribution in [2.75, 3.05) is 19.8 Å². The summed E-state index contributed by atoms with van der Waals surface area (Å²) in [5, 5.41) is 2.98. The minimum Gasteiger partial charge on any atom is -0.445 e. The molecule has 226 valence electrons. The number of likely N-dealkylation sites (tertiary alicyclic amines) is 1. The number of Topliss-reactive ketones (excluding diaryl/α,β-unsaturated/α-hetero) is 1. The van der Waals surface area contributed by atoms with E-state index < -0.39 is 29.9 Å². The maximum Gasteiger partial charge on any atom is 0.412 e. The smallest absolute Gasteiger partial charge is 0.412 e. The molecule has 2 saturated heterocycles. The van der Waals surface area contributed by atoms with E-state index >= 15 is 0 Å². The number of hydrogen-bond acceptors (Lipinski definition) is 6. The van der Waals surface area contributed by atoms with Gasteiger partial charge in [0.15, 0.2) is 11.5 Å². The fraction of sp³-hybridized carbons (Fsp3) is 0.767. The van der Waals surface area contributed by atoms with Crippen LogP contribution in [0.5, 0.6) is 0 Å². The Kier molecular flexibility index (Phi) is 11.6. The Labute approximate surface area is 245 Å². The van der Waals surface area contributed by atoms with E-state index in [9.17, 15) is 14.4 Å². The summed E-state index contributed by atoms with van der Waals surface area (Å²) in [5.74, 6) is -0.224. The molecule has 5 atom stereocenters. The lowest BCUT2D eigenvalue weighted by Gasteiger charge is -2.46. The summed E-state index contributed by atoms with van der Waals surface area (Å²) in [5.41, 5.74) is -0.773. The Morgan fingerprint density at radius 1 is 1.15 bits per heavy atom. The first kappa shape index (κ1) is 34.4. The third-order valence-electron chi connectivity index (χ3n) is 8.00. The number of nitrogens with zero attached hydrogens (tertiary/aromatic N) is 1. The van der Waals surface area contributed by atoms with Crippen molar-refractivity contribution in [2.24, 2.45) is 28.6 Å². The third-order valence-corrected chi connectivity index (χ3v) is 9.50. The van der Waals surface area contributed by atoms with Gasteiger partial charge in [0.25, 0.3) is 0 Å². The number of β-lactam (4-membered cyclic amide) rings is 1. The molecule has 8 nitrogen and oxygen atoms in total. The molecule has 0 spiro atoms. The van der Waals surface area contributed by atoms with E-state index in [0.29, 0.717) is 25.1 Å². The van der Waals surface area contributed by atoms with Gasteiger partial charge in [-0.05, 0) is 67.4 Å². The normalized spacial score (nSPS) is 26.5. The molecule has 2 radical (unpaired) electrons. The summed E-state index contributed by atoms with van der Waals surface area (Å²) < 4.78 is 18.1. The predicted molar refractivity (Wildman–Crippen MR) is 162 cm³/mol. The molecule has 0 aromatic carbocycles. The number of ketones is 1. The molecule has 2 fully saturated rings. The van der Waals surface area contributed by atoms with Gasteiger partial charge in [0.05, 0.1) is 5.92 Å². The van der Waals surface area contributed by atoms with Gasteiger partial charge in [0, 0.05) is 32.0 Å². The Hall–Kier alpha value is -1.76. The number of amides is 2. The molecule has 40 heavy (non-hydrogen) atoms. The lowest BCUT2D eigenvalue weighted by Crippen LogP contribution is -2.63. The Balaban J connectivity index is 2.37. The van der Waals surface area contributed by atoms with Crippen LogP contribution in [0.1, 0.15) is 61.3 Å². The highest BCUT2D eigenvalue weighted by Gasteiger charge is 2.53. The molecule has 0 aromatic rings. The summed E-state index contributed by atoms with van der Waals surface area (Å²) in [6.45, 7) is 27.6. The van der Waals surface area contributed by atoms with E-state index in [1.807, 2.05) is 19.2 Å². The van der Waals surface area contributed by atoms with Gasteiger partial charge in [-0.3, -0.25) is 14.5 Å². The fourth-order valence-electron chi connectivity index (χ4n) is 5.56. The van der Waals surface area contributed by atoms with Crippen LogP contribution >= 0.6 is 0 Å². The highest BCUT2D eigenvalue weighted by molar-refractivity contribution is 6.48. The fourth-order valence-corrected chi connectivity index (χ4v) is 7.03. The SMILES string of the molecule is C=CCOC(=O)N1C[C@@H](C(C)(C)C)C[C@@]1(C=C(C)C(=O)C[C@H]1NC(=O)[C@H]1[C@@H](CO[Si](C)C)C(C)(C)C)O[Si](C)C. The molecule has 2 heterocycles. The van der Waals surface area contributed by atoms with Crippen LogP contribution in [0.3, 0.4) is 0 Å². The second kappa shape index (κ2) is 13.5. The zero-order chi connectivity index (χ0) is 30.6. The molecule has 0 aromatic heterocycles. The molecule has 0 aliphatic carbocycles. The van der Waals surface area contributed by atoms with E-state index in [4.69, 9.17) is 13.6 Å². The second-order valence-corrected chi connectivity index (χ2v) is 18.0. The quantitative estimate of drug-likeness (QED) is 0.137. The summed E-state index contributed by atoms with van der Waals surface area (Å²) >= 11 is 0. The number of nitrogens with one attached hydrogen (secondary N) is 1. The van der Waals surface area contributed by atoms with Gasteiger partial charge in [0.2, 0.25) is 24.0 Å². The summed E-state index contributed by atoms with van der Waals surface area (Å²) in [6.07, 6.45) is 3.66. The van der Waals surface area contributed by atoms with Crippen LogP contribution in [-0.2, 0) is 23.2 Å². The van der Waals surface area contributed by atoms with E-state index in [1.165, 1.54) is 0 Å². The van der Waals surface area contributed by atoms with Crippen molar-refractivity contribution in [3.63, 3.8) is 0 Å². The van der Waals surface area contributed by atoms with Crippen molar-refractivity contribution < 1.29 is 28.0 Å². The summed E-state index contributed by atoms with van der Waals surface area (Å²) in [7, 11) is -2.17. The number of allylic oxidation sites excluding steroid dienone is 1. The molecule has 2 aliphatic rings. The molecule has 2 amide bonds. The lowest BCUT2D eigenvalue weighted by molar-refractivity contribution is -0.143. The zero-order valence-corrected chi connectivity index (χ0v) is 28.6. The van der Waals surface area contributed by atoms with E-state index in [0.717, 1.165) is 0 Å². The first-order valence-electron chi connectivity index (χ1n) is 14.3. The lowest BCUT2D eigenvalue weighted by atomic mass is 9.66. The van der Waals surface area contributed by atoms with Gasteiger partial charge >= 0.3 is 6.09 Å². The maximum absolute atomic E-state index is 13.6. The molecule has 0 unspecified atom stereocenters. The van der Waals surface area contributed by atoms with Crippen LogP contribution in [0.2, 0.25) is 26.2 Å². The van der Waals surface area contributed by atoms with Gasteiger partial charge in [-0.2, -0.15) is 0 Å². The number of carbonyl (C=O) groups excluding carboxylic acids is 3. The Morgan fingerprint density at radius 2 is 1.77 bits per heavy atom. The van der Waals surface area contributed by atoms with Crippen LogP contribution < -0.4 is 5.32 Å². The van der Waals surface area contributed by atoms with Gasteiger partial charge in [-0.1, -0.05) is 54.2 Å². The zero-order valence-electron chi connectivity index (χ0n) is 26.6. The van der Waals surface area contributed by atoms with Crippen LogP contribution in [0.25, 0.3) is 0 Å². The van der Waals surface area contributed by atoms with Crippen LogP contribution in [-0.4, -0.2) is 72.3 Å².